The number of benzene rings is 3. The van der Waals surface area contributed by atoms with Crippen LogP contribution in [0.15, 0.2) is 75.7 Å². The number of rotatable bonds is 3. The number of aromatic nitrogens is 2. The third-order valence-corrected chi connectivity index (χ3v) is 11.8. The lowest BCUT2D eigenvalue weighted by Gasteiger charge is -2.29. The van der Waals surface area contributed by atoms with Crippen LogP contribution in [0.1, 0.15) is 78.5 Å². The minimum atomic E-state index is -0.991. The Labute approximate surface area is 293 Å². The van der Waals surface area contributed by atoms with E-state index < -0.39 is 23.7 Å². The number of nitrogens with one attached hydrogen (secondary N) is 3. The van der Waals surface area contributed by atoms with E-state index in [1.54, 1.807) is 6.20 Å². The van der Waals surface area contributed by atoms with E-state index >= 15 is 0 Å². The molecule has 11 rings (SSSR count). The Morgan fingerprint density at radius 3 is 2.73 bits per heavy atom. The van der Waals surface area contributed by atoms with Crippen LogP contribution in [0.25, 0.3) is 28.3 Å². The van der Waals surface area contributed by atoms with Gasteiger partial charge in [0.1, 0.15) is 23.2 Å². The summed E-state index contributed by atoms with van der Waals surface area (Å²) in [7, 11) is 0. The fraction of sp³-hybridized carbons (Fsp3) is 0.317. The fourth-order valence-corrected chi connectivity index (χ4v) is 9.07. The predicted molar refractivity (Wildman–Crippen MR) is 188 cm³/mol. The predicted octanol–water partition coefficient (Wildman–Crippen LogP) is 6.29. The quantitative estimate of drug-likeness (QED) is 0.203. The van der Waals surface area contributed by atoms with Crippen LogP contribution in [-0.4, -0.2) is 34.1 Å². The van der Waals surface area contributed by atoms with Crippen LogP contribution in [0.3, 0.4) is 0 Å². The van der Waals surface area contributed by atoms with E-state index in [2.05, 4.69) is 71.4 Å². The normalized spacial score (nSPS) is 26.9. The average molecular weight is 678 g/mol. The first-order valence-electron chi connectivity index (χ1n) is 17.9. The van der Waals surface area contributed by atoms with Crippen molar-refractivity contribution in [3.05, 3.63) is 112 Å². The minimum absolute atomic E-state index is 0.0742. The summed E-state index contributed by atoms with van der Waals surface area (Å²) in [6.45, 7) is 6.10. The summed E-state index contributed by atoms with van der Waals surface area (Å²) in [5, 5.41) is 10.1. The van der Waals surface area contributed by atoms with Gasteiger partial charge in [-0.05, 0) is 53.0 Å². The maximum absolute atomic E-state index is 14.2. The van der Waals surface area contributed by atoms with Crippen LogP contribution < -0.4 is 20.7 Å². The van der Waals surface area contributed by atoms with Gasteiger partial charge in [0.2, 0.25) is 23.6 Å². The molecule has 2 aromatic heterocycles. The summed E-state index contributed by atoms with van der Waals surface area (Å²) in [5.41, 5.74) is 8.73. The fourth-order valence-electron chi connectivity index (χ4n) is 9.07. The van der Waals surface area contributed by atoms with Crippen molar-refractivity contribution >= 4 is 23.1 Å². The molecule has 254 valence electrons. The summed E-state index contributed by atoms with van der Waals surface area (Å²) >= 11 is 0. The second-order valence-electron chi connectivity index (χ2n) is 15.2. The van der Waals surface area contributed by atoms with E-state index in [4.69, 9.17) is 23.5 Å². The van der Waals surface area contributed by atoms with Crippen LogP contribution in [-0.2, 0) is 27.8 Å². The molecule has 51 heavy (non-hydrogen) atoms. The third-order valence-electron chi connectivity index (χ3n) is 11.8. The number of carbonyl (C=O) groups is 2. The highest BCUT2D eigenvalue weighted by molar-refractivity contribution is 5.97. The summed E-state index contributed by atoms with van der Waals surface area (Å²) < 4.78 is 20.5. The SMILES string of the molecule is CC1CC1C(=O)NC1Cc2ccc3c(c2)C24c5cccc(c5N[C@H]2O3)-c2cccc3c2C(=CC3)c2cnc(o2)-c2nc(oc24)[C@H](C(C)C)NC1=O. The smallest absolute Gasteiger partial charge is 0.249 e. The number of oxazole rings is 2. The lowest BCUT2D eigenvalue weighted by molar-refractivity contribution is -0.130. The maximum atomic E-state index is 14.2. The van der Waals surface area contributed by atoms with E-state index in [1.165, 1.54) is 5.56 Å². The Kier molecular flexibility index (Phi) is 5.71. The first-order valence-corrected chi connectivity index (χ1v) is 17.9. The van der Waals surface area contributed by atoms with E-state index in [1.807, 2.05) is 26.0 Å². The molecule has 4 aliphatic heterocycles. The van der Waals surface area contributed by atoms with Crippen molar-refractivity contribution < 1.29 is 23.2 Å². The molecule has 5 aromatic rings. The third kappa shape index (κ3) is 3.87. The second kappa shape index (κ2) is 9.99. The van der Waals surface area contributed by atoms with E-state index in [-0.39, 0.29) is 23.7 Å². The molecule has 4 unspecified atom stereocenters. The largest absolute Gasteiger partial charge is 0.469 e. The highest BCUT2D eigenvalue weighted by Crippen LogP contribution is 2.61. The molecule has 2 amide bonds. The molecule has 10 nitrogen and oxygen atoms in total. The maximum Gasteiger partial charge on any atom is 0.249 e. The van der Waals surface area contributed by atoms with Crippen molar-refractivity contribution in [2.24, 2.45) is 17.8 Å². The molecular weight excluding hydrogens is 642 g/mol. The molecule has 10 heteroatoms. The Hall–Kier alpha value is -5.64. The molecular formula is C41H35N5O5. The molecule has 10 bridgehead atoms. The summed E-state index contributed by atoms with van der Waals surface area (Å²) in [4.78, 5) is 37.4. The Balaban J connectivity index is 1.21. The van der Waals surface area contributed by atoms with Gasteiger partial charge in [-0.2, -0.15) is 0 Å². The highest BCUT2D eigenvalue weighted by atomic mass is 16.5. The van der Waals surface area contributed by atoms with Crippen molar-refractivity contribution in [1.29, 1.82) is 0 Å². The molecule has 6 aliphatic rings. The van der Waals surface area contributed by atoms with E-state index in [9.17, 15) is 9.59 Å². The standard InChI is InChI=1S/C41H35N5O5/c1-18(2)32-39-45-34-35(51-39)41-26-9-5-8-23(22-7-4-6-21-11-12-24(31(21)22)30-17-42-38(34)49-30)33(26)46-40(41)50-29-13-10-20(15-27(29)41)16-28(37(48)44-32)43-36(47)25-14-19(25)3/h4-10,12-13,15,17-19,25,28,32,40,46H,11,14,16H2,1-3H3,(H,43,47)(H,44,48)/t19?,25?,28?,32-,40-,41?/m0/s1. The van der Waals surface area contributed by atoms with Crippen LogP contribution in [0.5, 0.6) is 5.75 Å². The molecule has 1 fully saturated rings. The number of para-hydroxylation sites is 1. The minimum Gasteiger partial charge on any atom is -0.469 e. The van der Waals surface area contributed by atoms with Crippen LogP contribution >= 0.6 is 0 Å². The molecule has 3 aromatic carbocycles. The average Bonchev–Trinajstić information content (AvgIpc) is 3.67. The molecule has 1 saturated carbocycles. The van der Waals surface area contributed by atoms with Gasteiger partial charge in [-0.15, -0.1) is 0 Å². The monoisotopic (exact) mass is 677 g/mol. The van der Waals surface area contributed by atoms with Crippen molar-refractivity contribution in [3.63, 3.8) is 0 Å². The zero-order chi connectivity index (χ0) is 34.3. The second-order valence-corrected chi connectivity index (χ2v) is 15.2. The van der Waals surface area contributed by atoms with Crippen molar-refractivity contribution in [3.8, 4) is 28.5 Å². The van der Waals surface area contributed by atoms with Crippen LogP contribution in [0.2, 0.25) is 0 Å². The number of ether oxygens (including phenoxy) is 1. The lowest BCUT2D eigenvalue weighted by Crippen LogP contribution is -2.50. The van der Waals surface area contributed by atoms with Gasteiger partial charge in [-0.25, -0.2) is 9.97 Å². The van der Waals surface area contributed by atoms with Gasteiger partial charge < -0.3 is 29.5 Å². The van der Waals surface area contributed by atoms with Crippen molar-refractivity contribution in [1.82, 2.24) is 20.6 Å². The Morgan fingerprint density at radius 2 is 1.88 bits per heavy atom. The number of allylic oxidation sites excluding steroid dienone is 1. The lowest BCUT2D eigenvalue weighted by atomic mass is 9.72. The number of anilines is 1. The van der Waals surface area contributed by atoms with Crippen molar-refractivity contribution in [2.45, 2.75) is 63.8 Å². The number of nitrogens with zero attached hydrogens (tertiary/aromatic N) is 2. The summed E-state index contributed by atoms with van der Waals surface area (Å²) in [5.74, 6) is 2.33. The first kappa shape index (κ1) is 29.1. The van der Waals surface area contributed by atoms with Gasteiger partial charge in [0.05, 0.1) is 6.20 Å². The topological polar surface area (TPSA) is 132 Å². The molecule has 0 radical (unpaired) electrons. The summed E-state index contributed by atoms with van der Waals surface area (Å²) in [6.07, 6.45) is 5.32. The zero-order valence-corrected chi connectivity index (χ0v) is 28.4. The zero-order valence-electron chi connectivity index (χ0n) is 28.4. The number of fused-ring (bicyclic) bond motifs is 7. The van der Waals surface area contributed by atoms with Gasteiger partial charge in [0, 0.05) is 40.3 Å². The molecule has 6 atom stereocenters. The van der Waals surface area contributed by atoms with Crippen LogP contribution in [0.4, 0.5) is 5.69 Å². The molecule has 0 saturated heterocycles. The van der Waals surface area contributed by atoms with Gasteiger partial charge in [0.25, 0.3) is 0 Å². The Bertz CT molecular complexity index is 2400. The molecule has 2 aliphatic carbocycles. The van der Waals surface area contributed by atoms with Gasteiger partial charge in [0.15, 0.2) is 23.4 Å². The van der Waals surface area contributed by atoms with Crippen molar-refractivity contribution in [2.75, 3.05) is 5.32 Å². The summed E-state index contributed by atoms with van der Waals surface area (Å²) in [6, 6.07) is 17.5. The van der Waals surface area contributed by atoms with Gasteiger partial charge in [-0.1, -0.05) is 75.4 Å². The van der Waals surface area contributed by atoms with Crippen LogP contribution in [0, 0.1) is 17.8 Å². The highest BCUT2D eigenvalue weighted by Gasteiger charge is 2.61. The Morgan fingerprint density at radius 1 is 1.04 bits per heavy atom. The molecule has 3 N–H and O–H groups in total. The molecule has 1 spiro atoms. The number of carbonyl (C=O) groups excluding carboxylic acids is 2. The molecule has 6 heterocycles. The number of hydrogen-bond donors (Lipinski definition) is 3. The number of amides is 2. The van der Waals surface area contributed by atoms with E-state index in [0.29, 0.717) is 47.1 Å². The number of hydrogen-bond acceptors (Lipinski definition) is 8. The van der Waals surface area contributed by atoms with Gasteiger partial charge >= 0.3 is 0 Å². The van der Waals surface area contributed by atoms with E-state index in [0.717, 1.165) is 57.5 Å². The van der Waals surface area contributed by atoms with Gasteiger partial charge in [-0.3, -0.25) is 9.59 Å². The first-order chi connectivity index (χ1) is 24.8.